The molecule has 0 saturated heterocycles. The molecule has 0 aliphatic carbocycles. The summed E-state index contributed by atoms with van der Waals surface area (Å²) in [5.74, 6) is -0.220. The van der Waals surface area contributed by atoms with Crippen molar-refractivity contribution in [2.24, 2.45) is 5.73 Å². The van der Waals surface area contributed by atoms with Crippen LogP contribution in [0.3, 0.4) is 0 Å². The molecule has 5 nitrogen and oxygen atoms in total. The predicted molar refractivity (Wildman–Crippen MR) is 83.5 cm³/mol. The molecule has 1 atom stereocenters. The quantitative estimate of drug-likeness (QED) is 0.829. The van der Waals surface area contributed by atoms with Crippen molar-refractivity contribution in [3.8, 4) is 0 Å². The molecule has 0 fully saturated rings. The zero-order valence-corrected chi connectivity index (χ0v) is 12.9. The Morgan fingerprint density at radius 3 is 2.67 bits per heavy atom. The number of carbonyl (C=O) groups is 1. The van der Waals surface area contributed by atoms with E-state index >= 15 is 0 Å². The number of ketones is 1. The highest BCUT2D eigenvalue weighted by molar-refractivity contribution is 6.33. The molecular weight excluding hydrogens is 288 g/mol. The summed E-state index contributed by atoms with van der Waals surface area (Å²) in [4.78, 5) is 14.6. The number of Topliss-reactive ketones (excluding diaryl/α,β-unsaturated/α-hetero) is 1. The summed E-state index contributed by atoms with van der Waals surface area (Å²) in [6, 6.07) is 8.52. The van der Waals surface area contributed by atoms with Crippen molar-refractivity contribution in [2.45, 2.75) is 12.6 Å². The van der Waals surface area contributed by atoms with Crippen LogP contribution in [0.4, 0.5) is 0 Å². The zero-order valence-electron chi connectivity index (χ0n) is 12.2. The largest absolute Gasteiger partial charge is 0.317 e. The number of carbonyl (C=O) groups excluding carboxylic acids is 1. The first-order valence-electron chi connectivity index (χ1n) is 6.71. The first-order valence-corrected chi connectivity index (χ1v) is 7.09. The van der Waals surface area contributed by atoms with Gasteiger partial charge in [0.1, 0.15) is 5.69 Å². The van der Waals surface area contributed by atoms with Gasteiger partial charge in [-0.05, 0) is 19.7 Å². The lowest BCUT2D eigenvalue weighted by Gasteiger charge is -2.14. The average molecular weight is 307 g/mol. The monoisotopic (exact) mass is 306 g/mol. The van der Waals surface area contributed by atoms with Crippen molar-refractivity contribution < 1.29 is 4.79 Å². The van der Waals surface area contributed by atoms with Gasteiger partial charge in [-0.2, -0.15) is 5.10 Å². The summed E-state index contributed by atoms with van der Waals surface area (Å²) < 4.78 is 1.62. The molecule has 1 aromatic carbocycles. The minimum absolute atomic E-state index is 0.220. The number of nitrogens with zero attached hydrogens (tertiary/aromatic N) is 3. The van der Waals surface area contributed by atoms with Crippen LogP contribution in [0.1, 0.15) is 22.1 Å². The lowest BCUT2D eigenvalue weighted by atomic mass is 10.0. The molecule has 0 radical (unpaired) electrons. The van der Waals surface area contributed by atoms with Gasteiger partial charge in [0.2, 0.25) is 5.78 Å². The zero-order chi connectivity index (χ0) is 15.4. The van der Waals surface area contributed by atoms with Gasteiger partial charge in [0.25, 0.3) is 0 Å². The van der Waals surface area contributed by atoms with Crippen LogP contribution in [-0.4, -0.2) is 41.1 Å². The Balaban J connectivity index is 2.24. The summed E-state index contributed by atoms with van der Waals surface area (Å²) in [5.41, 5.74) is 7.20. The maximum atomic E-state index is 12.6. The third-order valence-corrected chi connectivity index (χ3v) is 3.50. The van der Waals surface area contributed by atoms with Crippen molar-refractivity contribution in [3.05, 3.63) is 52.8 Å². The van der Waals surface area contributed by atoms with Gasteiger partial charge in [-0.1, -0.05) is 41.9 Å². The second kappa shape index (κ2) is 6.85. The second-order valence-electron chi connectivity index (χ2n) is 5.12. The van der Waals surface area contributed by atoms with Crippen molar-refractivity contribution >= 4 is 17.4 Å². The number of benzene rings is 1. The van der Waals surface area contributed by atoms with Crippen LogP contribution >= 0.6 is 11.6 Å². The van der Waals surface area contributed by atoms with E-state index in [0.717, 1.165) is 12.1 Å². The molecular formula is C15H19ClN4O. The number of hydrogen-bond donors (Lipinski definition) is 1. The molecule has 21 heavy (non-hydrogen) atoms. The number of hydrogen-bond acceptors (Lipinski definition) is 4. The number of likely N-dealkylation sites (N-methyl/N-ethyl adjacent to an activating group) is 1. The van der Waals surface area contributed by atoms with E-state index in [1.165, 1.54) is 6.20 Å². The molecule has 0 bridgehead atoms. The van der Waals surface area contributed by atoms with Crippen molar-refractivity contribution in [1.82, 2.24) is 14.7 Å². The average Bonchev–Trinajstić information content (AvgIpc) is 2.85. The Hall–Kier alpha value is -1.69. The van der Waals surface area contributed by atoms with E-state index in [1.54, 1.807) is 4.68 Å². The van der Waals surface area contributed by atoms with Gasteiger partial charge in [-0.3, -0.25) is 9.48 Å². The Bertz CT molecular complexity index is 609. The molecule has 2 rings (SSSR count). The van der Waals surface area contributed by atoms with Gasteiger partial charge in [-0.25, -0.2) is 0 Å². The molecule has 6 heteroatoms. The fourth-order valence-corrected chi connectivity index (χ4v) is 2.27. The van der Waals surface area contributed by atoms with E-state index in [9.17, 15) is 4.79 Å². The van der Waals surface area contributed by atoms with E-state index in [4.69, 9.17) is 17.3 Å². The topological polar surface area (TPSA) is 64.2 Å². The van der Waals surface area contributed by atoms with Crippen LogP contribution in [0.2, 0.25) is 5.02 Å². The Morgan fingerprint density at radius 1 is 1.38 bits per heavy atom. The van der Waals surface area contributed by atoms with Crippen LogP contribution in [0.15, 0.2) is 36.5 Å². The fraction of sp³-hybridized carbons (Fsp3) is 0.333. The predicted octanol–water partition coefficient (Wildman–Crippen LogP) is 1.98. The molecule has 0 unspecified atom stereocenters. The van der Waals surface area contributed by atoms with Crippen LogP contribution in [0.5, 0.6) is 0 Å². The lowest BCUT2D eigenvalue weighted by Crippen LogP contribution is -2.26. The van der Waals surface area contributed by atoms with Gasteiger partial charge in [0.15, 0.2) is 0 Å². The minimum Gasteiger partial charge on any atom is -0.317 e. The van der Waals surface area contributed by atoms with Crippen LogP contribution in [-0.2, 0) is 6.54 Å². The molecule has 0 aliphatic heterocycles. The summed E-state index contributed by atoms with van der Waals surface area (Å²) >= 11 is 6.11. The second-order valence-corrected chi connectivity index (χ2v) is 5.53. The first kappa shape index (κ1) is 15.7. The third-order valence-electron chi connectivity index (χ3n) is 3.23. The Kier molecular flexibility index (Phi) is 5.12. The van der Waals surface area contributed by atoms with Gasteiger partial charge in [0.05, 0.1) is 23.8 Å². The van der Waals surface area contributed by atoms with E-state index in [0.29, 0.717) is 17.3 Å². The smallest absolute Gasteiger partial charge is 0.203 e. The van der Waals surface area contributed by atoms with Gasteiger partial charge >= 0.3 is 0 Å². The molecule has 0 aliphatic rings. The molecule has 0 spiro atoms. The molecule has 2 N–H and O–H groups in total. The fourth-order valence-electron chi connectivity index (χ4n) is 2.03. The SMILES string of the molecule is CN(C)CCn1ncc(Cl)c1C(=O)[C@H](N)c1ccccc1. The van der Waals surface area contributed by atoms with E-state index in [-0.39, 0.29) is 5.78 Å². The molecule has 0 amide bonds. The highest BCUT2D eigenvalue weighted by Gasteiger charge is 2.24. The molecule has 1 heterocycles. The Morgan fingerprint density at radius 2 is 2.05 bits per heavy atom. The first-order chi connectivity index (χ1) is 10.0. The van der Waals surface area contributed by atoms with E-state index in [2.05, 4.69) is 5.10 Å². The maximum Gasteiger partial charge on any atom is 0.203 e. The van der Waals surface area contributed by atoms with Gasteiger partial charge in [0, 0.05) is 6.54 Å². The maximum absolute atomic E-state index is 12.6. The number of aromatic nitrogens is 2. The number of rotatable bonds is 6. The standard InChI is InChI=1S/C15H19ClN4O/c1-19(2)8-9-20-14(12(16)10-18-20)15(21)13(17)11-6-4-3-5-7-11/h3-7,10,13H,8-9,17H2,1-2H3/t13-/m1/s1. The highest BCUT2D eigenvalue weighted by Crippen LogP contribution is 2.22. The minimum atomic E-state index is -0.737. The summed E-state index contributed by atoms with van der Waals surface area (Å²) in [7, 11) is 3.92. The number of halogens is 1. The Labute approximate surface area is 129 Å². The normalized spacial score (nSPS) is 12.6. The van der Waals surface area contributed by atoms with Crippen molar-refractivity contribution in [1.29, 1.82) is 0 Å². The van der Waals surface area contributed by atoms with Crippen molar-refractivity contribution in [2.75, 3.05) is 20.6 Å². The van der Waals surface area contributed by atoms with Gasteiger partial charge < -0.3 is 10.6 Å². The highest BCUT2D eigenvalue weighted by atomic mass is 35.5. The molecule has 2 aromatic rings. The van der Waals surface area contributed by atoms with Gasteiger partial charge in [-0.15, -0.1) is 0 Å². The summed E-state index contributed by atoms with van der Waals surface area (Å²) in [6.45, 7) is 1.35. The number of nitrogens with two attached hydrogens (primary N) is 1. The molecule has 1 aromatic heterocycles. The lowest BCUT2D eigenvalue weighted by molar-refractivity contribution is 0.0950. The third kappa shape index (κ3) is 3.69. The van der Waals surface area contributed by atoms with Crippen LogP contribution in [0.25, 0.3) is 0 Å². The summed E-state index contributed by atoms with van der Waals surface area (Å²) in [6.07, 6.45) is 1.49. The molecule has 0 saturated carbocycles. The van der Waals surface area contributed by atoms with E-state index in [1.807, 2.05) is 49.3 Å². The van der Waals surface area contributed by atoms with Crippen LogP contribution in [0, 0.1) is 0 Å². The summed E-state index contributed by atoms with van der Waals surface area (Å²) in [5, 5.41) is 4.50. The van der Waals surface area contributed by atoms with Crippen LogP contribution < -0.4 is 5.73 Å². The van der Waals surface area contributed by atoms with E-state index < -0.39 is 6.04 Å². The van der Waals surface area contributed by atoms with Crippen molar-refractivity contribution in [3.63, 3.8) is 0 Å². The molecule has 112 valence electrons.